The SMILES string of the molecule is Nc1cccc(NC(=O)COS(=O)(=O)O)c1. The van der Waals surface area contributed by atoms with Gasteiger partial charge in [-0.15, -0.1) is 0 Å². The summed E-state index contributed by atoms with van der Waals surface area (Å²) in [7, 11) is -4.61. The molecule has 0 heterocycles. The molecular weight excluding hydrogens is 236 g/mol. The van der Waals surface area contributed by atoms with E-state index in [2.05, 4.69) is 9.50 Å². The van der Waals surface area contributed by atoms with Crippen LogP contribution < -0.4 is 11.1 Å². The van der Waals surface area contributed by atoms with Gasteiger partial charge in [0.15, 0.2) is 0 Å². The molecule has 1 rings (SSSR count). The largest absolute Gasteiger partial charge is 0.399 e. The third kappa shape index (κ3) is 4.73. The Labute approximate surface area is 92.2 Å². The number of nitrogens with two attached hydrogens (primary N) is 1. The van der Waals surface area contributed by atoms with Crippen LogP contribution in [0.4, 0.5) is 11.4 Å². The van der Waals surface area contributed by atoms with Crippen molar-refractivity contribution in [3.8, 4) is 0 Å². The van der Waals surface area contributed by atoms with Crippen LogP contribution in [0, 0.1) is 0 Å². The number of carbonyl (C=O) groups excluding carboxylic acids is 1. The number of rotatable bonds is 4. The van der Waals surface area contributed by atoms with Crippen LogP contribution in [0.25, 0.3) is 0 Å². The third-order valence-electron chi connectivity index (χ3n) is 1.51. The number of amides is 1. The predicted octanol–water partition coefficient (Wildman–Crippen LogP) is 0.0267. The second-order valence-electron chi connectivity index (χ2n) is 2.86. The molecule has 0 atom stereocenters. The van der Waals surface area contributed by atoms with E-state index in [4.69, 9.17) is 10.3 Å². The highest BCUT2D eigenvalue weighted by Gasteiger charge is 2.09. The highest BCUT2D eigenvalue weighted by molar-refractivity contribution is 7.80. The molecule has 4 N–H and O–H groups in total. The van der Waals surface area contributed by atoms with Crippen molar-refractivity contribution in [3.05, 3.63) is 24.3 Å². The highest BCUT2D eigenvalue weighted by Crippen LogP contribution is 2.11. The van der Waals surface area contributed by atoms with Crippen LogP contribution in [0.3, 0.4) is 0 Å². The van der Waals surface area contributed by atoms with E-state index >= 15 is 0 Å². The summed E-state index contributed by atoms with van der Waals surface area (Å²) >= 11 is 0. The van der Waals surface area contributed by atoms with Crippen LogP contribution in [0.1, 0.15) is 0 Å². The van der Waals surface area contributed by atoms with Gasteiger partial charge >= 0.3 is 10.4 Å². The number of nitrogen functional groups attached to an aromatic ring is 1. The van der Waals surface area contributed by atoms with Crippen molar-refractivity contribution >= 4 is 27.7 Å². The van der Waals surface area contributed by atoms with Crippen molar-refractivity contribution in [1.29, 1.82) is 0 Å². The molecule has 1 aromatic carbocycles. The normalized spacial score (nSPS) is 11.1. The minimum absolute atomic E-state index is 0.406. The molecule has 0 fully saturated rings. The Hall–Kier alpha value is -1.64. The van der Waals surface area contributed by atoms with Gasteiger partial charge in [-0.05, 0) is 18.2 Å². The second kappa shape index (κ2) is 4.92. The van der Waals surface area contributed by atoms with Crippen LogP contribution in [-0.2, 0) is 19.4 Å². The first kappa shape index (κ1) is 12.4. The first-order chi connectivity index (χ1) is 7.37. The van der Waals surface area contributed by atoms with E-state index in [9.17, 15) is 13.2 Å². The molecule has 0 bridgehead atoms. The van der Waals surface area contributed by atoms with Crippen molar-refractivity contribution in [2.24, 2.45) is 0 Å². The Kier molecular flexibility index (Phi) is 3.82. The average molecular weight is 246 g/mol. The fraction of sp³-hybridized carbons (Fsp3) is 0.125. The van der Waals surface area contributed by atoms with Gasteiger partial charge in [-0.1, -0.05) is 6.07 Å². The maximum absolute atomic E-state index is 11.1. The number of anilines is 2. The molecule has 88 valence electrons. The average Bonchev–Trinajstić information content (AvgIpc) is 2.14. The lowest BCUT2D eigenvalue weighted by molar-refractivity contribution is -0.118. The van der Waals surface area contributed by atoms with Crippen molar-refractivity contribution < 1.29 is 21.9 Å². The monoisotopic (exact) mass is 246 g/mol. The third-order valence-corrected chi connectivity index (χ3v) is 1.93. The standard InChI is InChI=1S/C8H10N2O5S/c9-6-2-1-3-7(4-6)10-8(11)5-15-16(12,13)14/h1-4H,5,9H2,(H,10,11)(H,12,13,14). The number of hydrogen-bond acceptors (Lipinski definition) is 5. The Morgan fingerprint density at radius 2 is 2.19 bits per heavy atom. The lowest BCUT2D eigenvalue weighted by Gasteiger charge is -2.04. The molecule has 16 heavy (non-hydrogen) atoms. The van der Waals surface area contributed by atoms with Gasteiger partial charge in [0.1, 0.15) is 6.61 Å². The summed E-state index contributed by atoms with van der Waals surface area (Å²) in [4.78, 5) is 11.1. The van der Waals surface area contributed by atoms with Crippen LogP contribution in [0.2, 0.25) is 0 Å². The van der Waals surface area contributed by atoms with Crippen molar-refractivity contribution in [3.63, 3.8) is 0 Å². The van der Waals surface area contributed by atoms with Gasteiger partial charge in [-0.25, -0.2) is 4.18 Å². The van der Waals surface area contributed by atoms with Crippen molar-refractivity contribution in [1.82, 2.24) is 0 Å². The molecule has 1 amide bonds. The predicted molar refractivity (Wildman–Crippen MR) is 57.0 cm³/mol. The summed E-state index contributed by atoms with van der Waals surface area (Å²) in [5, 5.41) is 2.34. The molecule has 1 aromatic rings. The molecule has 0 aliphatic heterocycles. The van der Waals surface area contributed by atoms with Gasteiger partial charge in [0.05, 0.1) is 0 Å². The lowest BCUT2D eigenvalue weighted by Crippen LogP contribution is -2.20. The molecule has 0 saturated heterocycles. The fourth-order valence-electron chi connectivity index (χ4n) is 0.941. The summed E-state index contributed by atoms with van der Waals surface area (Å²) < 4.78 is 32.5. The second-order valence-corrected chi connectivity index (χ2v) is 3.95. The Balaban J connectivity index is 2.52. The molecule has 0 spiro atoms. The smallest absolute Gasteiger partial charge is 0.397 e. The minimum atomic E-state index is -4.61. The van der Waals surface area contributed by atoms with Gasteiger partial charge in [-0.3, -0.25) is 9.35 Å². The Morgan fingerprint density at radius 1 is 1.50 bits per heavy atom. The molecular formula is C8H10N2O5S. The lowest BCUT2D eigenvalue weighted by atomic mass is 10.3. The maximum atomic E-state index is 11.1. The van der Waals surface area contributed by atoms with Gasteiger partial charge in [0.25, 0.3) is 5.91 Å². The number of carbonyl (C=O) groups is 1. The Morgan fingerprint density at radius 3 is 2.75 bits per heavy atom. The zero-order valence-electron chi connectivity index (χ0n) is 8.08. The van der Waals surface area contributed by atoms with Gasteiger partial charge < -0.3 is 11.1 Å². The number of hydrogen-bond donors (Lipinski definition) is 3. The van der Waals surface area contributed by atoms with E-state index in [0.29, 0.717) is 11.4 Å². The highest BCUT2D eigenvalue weighted by atomic mass is 32.3. The Bertz CT molecular complexity index is 485. The molecule has 0 unspecified atom stereocenters. The molecule has 0 aliphatic rings. The first-order valence-electron chi connectivity index (χ1n) is 4.14. The summed E-state index contributed by atoms with van der Waals surface area (Å²) in [6, 6.07) is 6.31. The van der Waals surface area contributed by atoms with Crippen molar-refractivity contribution in [2.45, 2.75) is 0 Å². The summed E-state index contributed by atoms with van der Waals surface area (Å²) in [5.74, 6) is -0.719. The van der Waals surface area contributed by atoms with Crippen LogP contribution in [0.15, 0.2) is 24.3 Å². The maximum Gasteiger partial charge on any atom is 0.397 e. The number of nitrogens with one attached hydrogen (secondary N) is 1. The van der Waals surface area contributed by atoms with Crippen LogP contribution in [0.5, 0.6) is 0 Å². The van der Waals surface area contributed by atoms with E-state index in [-0.39, 0.29) is 0 Å². The first-order valence-corrected chi connectivity index (χ1v) is 5.50. The van der Waals surface area contributed by atoms with E-state index < -0.39 is 22.9 Å². The summed E-state index contributed by atoms with van der Waals surface area (Å²) in [6.45, 7) is -0.798. The van der Waals surface area contributed by atoms with Gasteiger partial charge in [0, 0.05) is 11.4 Å². The molecule has 0 radical (unpaired) electrons. The molecule has 7 nitrogen and oxygen atoms in total. The fourth-order valence-corrected chi connectivity index (χ4v) is 1.20. The van der Waals surface area contributed by atoms with Gasteiger partial charge in [0.2, 0.25) is 0 Å². The molecule has 8 heteroatoms. The van der Waals surface area contributed by atoms with E-state index in [1.165, 1.54) is 6.07 Å². The number of benzene rings is 1. The van der Waals surface area contributed by atoms with Crippen molar-refractivity contribution in [2.75, 3.05) is 17.7 Å². The zero-order valence-corrected chi connectivity index (χ0v) is 8.90. The van der Waals surface area contributed by atoms with Gasteiger partial charge in [-0.2, -0.15) is 8.42 Å². The topological polar surface area (TPSA) is 119 Å². The molecule has 0 aliphatic carbocycles. The summed E-state index contributed by atoms with van der Waals surface area (Å²) in [6.07, 6.45) is 0. The molecule has 0 aromatic heterocycles. The zero-order chi connectivity index (χ0) is 12.2. The van der Waals surface area contributed by atoms with Crippen LogP contribution >= 0.6 is 0 Å². The van der Waals surface area contributed by atoms with E-state index in [1.54, 1.807) is 18.2 Å². The summed E-state index contributed by atoms with van der Waals surface area (Å²) in [5.41, 5.74) is 6.32. The molecule has 0 saturated carbocycles. The van der Waals surface area contributed by atoms with Crippen LogP contribution in [-0.4, -0.2) is 25.5 Å². The minimum Gasteiger partial charge on any atom is -0.399 e. The van der Waals surface area contributed by atoms with E-state index in [1.807, 2.05) is 0 Å². The van der Waals surface area contributed by atoms with E-state index in [0.717, 1.165) is 0 Å². The quantitative estimate of drug-likeness (QED) is 0.509.